The third kappa shape index (κ3) is 11.7. The van der Waals surface area contributed by atoms with Crippen molar-refractivity contribution in [3.8, 4) is 0 Å². The van der Waals surface area contributed by atoms with Gasteiger partial charge in [-0.1, -0.05) is 65.3 Å². The Morgan fingerprint density at radius 3 is 2.12 bits per heavy atom. The zero-order chi connectivity index (χ0) is 13.5. The van der Waals surface area contributed by atoms with Crippen LogP contribution in [0.4, 0.5) is 0 Å². The van der Waals surface area contributed by atoms with Gasteiger partial charge in [-0.3, -0.25) is 0 Å². The fourth-order valence-electron chi connectivity index (χ4n) is 1.58. The summed E-state index contributed by atoms with van der Waals surface area (Å²) in [5, 5.41) is 8.74. The highest BCUT2D eigenvalue weighted by molar-refractivity contribution is 5.18. The van der Waals surface area contributed by atoms with Crippen molar-refractivity contribution in [1.29, 1.82) is 0 Å². The van der Waals surface area contributed by atoms with Crippen LogP contribution in [0.15, 0.2) is 24.3 Å². The second-order valence-corrected chi connectivity index (χ2v) is 3.82. The smallest absolute Gasteiger partial charge is 0.0433 e. The SMILES string of the molecule is CC.CC.CC(CCO)CCC1[CH]C=CC=C1. The first-order valence-corrected chi connectivity index (χ1v) is 7.12. The molecule has 1 rings (SSSR count). The van der Waals surface area contributed by atoms with Crippen molar-refractivity contribution in [2.45, 2.75) is 53.9 Å². The van der Waals surface area contributed by atoms with Gasteiger partial charge in [-0.05, 0) is 31.1 Å². The van der Waals surface area contributed by atoms with Gasteiger partial charge < -0.3 is 5.11 Å². The van der Waals surface area contributed by atoms with Crippen LogP contribution in [-0.4, -0.2) is 11.7 Å². The molecule has 0 aromatic rings. The monoisotopic (exact) mass is 239 g/mol. The summed E-state index contributed by atoms with van der Waals surface area (Å²) in [5.74, 6) is 1.27. The van der Waals surface area contributed by atoms with Crippen LogP contribution in [0, 0.1) is 18.3 Å². The molecule has 0 bridgehead atoms. The topological polar surface area (TPSA) is 20.2 Å². The molecular formula is C16H31O. The first kappa shape index (κ1) is 18.8. The Hall–Kier alpha value is -0.560. The van der Waals surface area contributed by atoms with Crippen molar-refractivity contribution >= 4 is 0 Å². The summed E-state index contributed by atoms with van der Waals surface area (Å²) in [7, 11) is 0. The maximum absolute atomic E-state index is 8.74. The molecule has 0 saturated carbocycles. The predicted octanol–water partition coefficient (Wildman–Crippen LogP) is 4.78. The summed E-state index contributed by atoms with van der Waals surface area (Å²) in [5.41, 5.74) is 0. The highest BCUT2D eigenvalue weighted by Crippen LogP contribution is 2.20. The van der Waals surface area contributed by atoms with Crippen molar-refractivity contribution in [3.63, 3.8) is 0 Å². The zero-order valence-electron chi connectivity index (χ0n) is 12.3. The predicted molar refractivity (Wildman–Crippen MR) is 78.9 cm³/mol. The van der Waals surface area contributed by atoms with E-state index < -0.39 is 0 Å². The molecule has 0 saturated heterocycles. The Labute approximate surface area is 109 Å². The lowest BCUT2D eigenvalue weighted by Gasteiger charge is -2.15. The van der Waals surface area contributed by atoms with Crippen molar-refractivity contribution in [3.05, 3.63) is 30.7 Å². The molecule has 0 fully saturated rings. The molecule has 0 aromatic heterocycles. The lowest BCUT2D eigenvalue weighted by atomic mass is 9.91. The van der Waals surface area contributed by atoms with Crippen LogP contribution < -0.4 is 0 Å². The quantitative estimate of drug-likeness (QED) is 0.731. The molecule has 101 valence electrons. The van der Waals surface area contributed by atoms with E-state index in [0.29, 0.717) is 18.4 Å². The second kappa shape index (κ2) is 15.4. The van der Waals surface area contributed by atoms with E-state index in [-0.39, 0.29) is 0 Å². The van der Waals surface area contributed by atoms with E-state index >= 15 is 0 Å². The van der Waals surface area contributed by atoms with Crippen molar-refractivity contribution < 1.29 is 5.11 Å². The maximum Gasteiger partial charge on any atom is 0.0433 e. The van der Waals surface area contributed by atoms with Crippen molar-refractivity contribution in [2.75, 3.05) is 6.61 Å². The standard InChI is InChI=1S/C12H19O.2C2H6/c1-11(9-10-13)7-8-12-5-3-2-4-6-12;2*1-2/h2-6,11-13H,7-10H2,1H3;2*1-2H3. The molecule has 1 heteroatoms. The molecule has 1 aliphatic carbocycles. The van der Waals surface area contributed by atoms with Crippen LogP contribution in [0.5, 0.6) is 0 Å². The Kier molecular flexibility index (Phi) is 17.1. The van der Waals surface area contributed by atoms with Crippen LogP contribution in [0.1, 0.15) is 53.9 Å². The molecular weight excluding hydrogens is 208 g/mol. The van der Waals surface area contributed by atoms with Gasteiger partial charge in [-0.25, -0.2) is 0 Å². The van der Waals surface area contributed by atoms with Gasteiger partial charge in [0.15, 0.2) is 0 Å². The average Bonchev–Trinajstić information content (AvgIpc) is 2.43. The molecule has 0 aliphatic heterocycles. The number of hydrogen-bond donors (Lipinski definition) is 1. The summed E-state index contributed by atoms with van der Waals surface area (Å²) >= 11 is 0. The Morgan fingerprint density at radius 1 is 1.00 bits per heavy atom. The molecule has 2 atom stereocenters. The molecule has 0 amide bonds. The minimum atomic E-state index is 0.325. The first-order chi connectivity index (χ1) is 8.33. The zero-order valence-corrected chi connectivity index (χ0v) is 12.3. The van der Waals surface area contributed by atoms with Crippen LogP contribution in [0.3, 0.4) is 0 Å². The Morgan fingerprint density at radius 2 is 1.65 bits per heavy atom. The summed E-state index contributed by atoms with van der Waals surface area (Å²) in [4.78, 5) is 0. The highest BCUT2D eigenvalue weighted by atomic mass is 16.3. The molecule has 17 heavy (non-hydrogen) atoms. The molecule has 0 spiro atoms. The third-order valence-corrected chi connectivity index (χ3v) is 2.55. The Balaban J connectivity index is 0. The summed E-state index contributed by atoms with van der Waals surface area (Å²) in [6, 6.07) is 0. The van der Waals surface area contributed by atoms with Crippen LogP contribution >= 0.6 is 0 Å². The molecule has 1 aliphatic rings. The van der Waals surface area contributed by atoms with Gasteiger partial charge in [-0.15, -0.1) is 0 Å². The number of rotatable bonds is 5. The van der Waals surface area contributed by atoms with E-state index in [1.54, 1.807) is 0 Å². The molecule has 0 aromatic carbocycles. The van der Waals surface area contributed by atoms with Crippen molar-refractivity contribution in [2.24, 2.45) is 11.8 Å². The number of aliphatic hydroxyl groups is 1. The lowest BCUT2D eigenvalue weighted by molar-refractivity contribution is 0.255. The first-order valence-electron chi connectivity index (χ1n) is 7.12. The molecule has 1 nitrogen and oxygen atoms in total. The average molecular weight is 239 g/mol. The summed E-state index contributed by atoms with van der Waals surface area (Å²) in [6.45, 7) is 10.5. The fourth-order valence-corrected chi connectivity index (χ4v) is 1.58. The van der Waals surface area contributed by atoms with Gasteiger partial charge >= 0.3 is 0 Å². The molecule has 1 radical (unpaired) electrons. The highest BCUT2D eigenvalue weighted by Gasteiger charge is 2.08. The maximum atomic E-state index is 8.74. The number of hydrogen-bond acceptors (Lipinski definition) is 1. The lowest BCUT2D eigenvalue weighted by Crippen LogP contribution is -2.04. The van der Waals surface area contributed by atoms with Gasteiger partial charge in [0.05, 0.1) is 0 Å². The van der Waals surface area contributed by atoms with E-state index in [4.69, 9.17) is 5.11 Å². The molecule has 2 unspecified atom stereocenters. The van der Waals surface area contributed by atoms with E-state index in [0.717, 1.165) is 6.42 Å². The Bertz CT molecular complexity index is 182. The fraction of sp³-hybridized carbons (Fsp3) is 0.688. The van der Waals surface area contributed by atoms with Gasteiger partial charge in [0.1, 0.15) is 0 Å². The van der Waals surface area contributed by atoms with E-state index in [1.807, 2.05) is 27.7 Å². The molecule has 1 N–H and O–H groups in total. The van der Waals surface area contributed by atoms with Crippen LogP contribution in [-0.2, 0) is 0 Å². The van der Waals surface area contributed by atoms with E-state index in [9.17, 15) is 0 Å². The third-order valence-electron chi connectivity index (χ3n) is 2.55. The van der Waals surface area contributed by atoms with Gasteiger partial charge in [-0.2, -0.15) is 0 Å². The summed E-state index contributed by atoms with van der Waals surface area (Å²) < 4.78 is 0. The van der Waals surface area contributed by atoms with Crippen LogP contribution in [0.2, 0.25) is 0 Å². The number of aliphatic hydroxyl groups excluding tert-OH is 1. The number of allylic oxidation sites excluding steroid dienone is 4. The largest absolute Gasteiger partial charge is 0.396 e. The van der Waals surface area contributed by atoms with Gasteiger partial charge in [0, 0.05) is 6.61 Å². The van der Waals surface area contributed by atoms with E-state index in [2.05, 4.69) is 37.6 Å². The van der Waals surface area contributed by atoms with E-state index in [1.165, 1.54) is 12.8 Å². The van der Waals surface area contributed by atoms with Gasteiger partial charge in [0.2, 0.25) is 0 Å². The van der Waals surface area contributed by atoms with Crippen molar-refractivity contribution in [1.82, 2.24) is 0 Å². The second-order valence-electron chi connectivity index (χ2n) is 3.82. The minimum absolute atomic E-state index is 0.325. The molecule has 0 heterocycles. The minimum Gasteiger partial charge on any atom is -0.396 e. The normalized spacial score (nSPS) is 18.6. The van der Waals surface area contributed by atoms with Gasteiger partial charge in [0.25, 0.3) is 0 Å². The van der Waals surface area contributed by atoms with Crippen LogP contribution in [0.25, 0.3) is 0 Å². The summed E-state index contributed by atoms with van der Waals surface area (Å²) in [6.07, 6.45) is 14.1.